The summed E-state index contributed by atoms with van der Waals surface area (Å²) in [6.45, 7) is 6.43. The first-order valence-corrected chi connectivity index (χ1v) is 8.61. The van der Waals surface area contributed by atoms with Crippen LogP contribution in [0.25, 0.3) is 11.0 Å². The largest absolute Gasteiger partial charge is 0.478 e. The Morgan fingerprint density at radius 3 is 2.46 bits per heavy atom. The van der Waals surface area contributed by atoms with E-state index in [2.05, 4.69) is 4.98 Å². The number of carboxylic acid groups (broad SMARTS) is 1. The molecule has 0 spiro atoms. The molecule has 1 saturated heterocycles. The lowest BCUT2D eigenvalue weighted by molar-refractivity contribution is 0.0188. The van der Waals surface area contributed by atoms with Gasteiger partial charge in [0.25, 0.3) is 0 Å². The van der Waals surface area contributed by atoms with Crippen LogP contribution in [-0.2, 0) is 4.74 Å². The van der Waals surface area contributed by atoms with Crippen LogP contribution in [-0.4, -0.2) is 50.3 Å². The number of carbonyl (C=O) groups is 2. The number of aromatic carboxylic acids is 1. The normalized spacial score (nSPS) is 16.0. The summed E-state index contributed by atoms with van der Waals surface area (Å²) in [5.41, 5.74) is 0.504. The third kappa shape index (κ3) is 3.58. The fourth-order valence-electron chi connectivity index (χ4n) is 3.25. The molecule has 8 heteroatoms. The Balaban J connectivity index is 1.80. The lowest BCUT2D eigenvalue weighted by atomic mass is 10.0. The number of benzene rings is 1. The summed E-state index contributed by atoms with van der Waals surface area (Å²) in [7, 11) is 0. The quantitative estimate of drug-likeness (QED) is 0.855. The van der Waals surface area contributed by atoms with Crippen LogP contribution < -0.4 is 5.69 Å². The van der Waals surface area contributed by atoms with Gasteiger partial charge in [0.1, 0.15) is 5.60 Å². The number of ether oxygens (including phenoxy) is 1. The first-order valence-electron chi connectivity index (χ1n) is 8.61. The third-order valence-electron chi connectivity index (χ3n) is 4.45. The van der Waals surface area contributed by atoms with Crippen LogP contribution >= 0.6 is 0 Å². The van der Waals surface area contributed by atoms with Crippen LogP contribution in [0.1, 0.15) is 50.0 Å². The van der Waals surface area contributed by atoms with E-state index < -0.39 is 11.6 Å². The minimum absolute atomic E-state index is 0.0982. The maximum atomic E-state index is 12.4. The van der Waals surface area contributed by atoms with Gasteiger partial charge in [-0.15, -0.1) is 0 Å². The van der Waals surface area contributed by atoms with Crippen molar-refractivity contribution >= 4 is 23.1 Å². The molecule has 0 aliphatic carbocycles. The van der Waals surface area contributed by atoms with E-state index in [1.807, 2.05) is 20.8 Å². The molecule has 1 aliphatic heterocycles. The molecule has 0 bridgehead atoms. The van der Waals surface area contributed by atoms with Gasteiger partial charge in [-0.2, -0.15) is 0 Å². The predicted molar refractivity (Wildman–Crippen MR) is 95.6 cm³/mol. The molecule has 8 nitrogen and oxygen atoms in total. The molecule has 140 valence electrons. The number of likely N-dealkylation sites (tertiary alicyclic amines) is 1. The summed E-state index contributed by atoms with van der Waals surface area (Å²) in [6, 6.07) is 4.48. The van der Waals surface area contributed by atoms with Crippen LogP contribution in [0.4, 0.5) is 4.79 Å². The van der Waals surface area contributed by atoms with Crippen molar-refractivity contribution in [1.82, 2.24) is 14.5 Å². The molecule has 1 aromatic heterocycles. The van der Waals surface area contributed by atoms with E-state index in [9.17, 15) is 19.5 Å². The number of fused-ring (bicyclic) bond motifs is 1. The number of nitrogens with one attached hydrogen (secondary N) is 1. The number of carboxylic acids is 1. The Hall–Kier alpha value is -2.77. The summed E-state index contributed by atoms with van der Waals surface area (Å²) < 4.78 is 6.99. The molecule has 1 aromatic carbocycles. The minimum atomic E-state index is -1.04. The number of amides is 1. The number of H-pyrrole nitrogens is 1. The standard InChI is InChI=1S/C18H23N3O5/c1-18(2,3)26-17(25)20-8-6-12(7-9-20)21-14-10-11(15(22)23)4-5-13(14)19-16(21)24/h4-5,10,12H,6-9H2,1-3H3,(H,19,24)(H,22,23). The average Bonchev–Trinajstić information content (AvgIpc) is 2.88. The highest BCUT2D eigenvalue weighted by atomic mass is 16.6. The van der Waals surface area contributed by atoms with Crippen molar-refractivity contribution in [2.24, 2.45) is 0 Å². The molecule has 0 radical (unpaired) electrons. The molecule has 2 heterocycles. The Morgan fingerprint density at radius 2 is 1.88 bits per heavy atom. The van der Waals surface area contributed by atoms with Crippen molar-refractivity contribution in [3.8, 4) is 0 Å². The molecular formula is C18H23N3O5. The number of nitrogens with zero attached hydrogens (tertiary/aromatic N) is 2. The van der Waals surface area contributed by atoms with Crippen molar-refractivity contribution in [3.05, 3.63) is 34.2 Å². The number of hydrogen-bond donors (Lipinski definition) is 2. The monoisotopic (exact) mass is 361 g/mol. The van der Waals surface area contributed by atoms with Crippen molar-refractivity contribution in [2.75, 3.05) is 13.1 Å². The fraction of sp³-hybridized carbons (Fsp3) is 0.500. The molecule has 2 aromatic rings. The van der Waals surface area contributed by atoms with Crippen LogP contribution in [0.2, 0.25) is 0 Å². The highest BCUT2D eigenvalue weighted by Crippen LogP contribution is 2.26. The highest BCUT2D eigenvalue weighted by molar-refractivity contribution is 5.92. The summed E-state index contributed by atoms with van der Waals surface area (Å²) in [4.78, 5) is 40.2. The van der Waals surface area contributed by atoms with Gasteiger partial charge in [-0.3, -0.25) is 4.57 Å². The van der Waals surface area contributed by atoms with Crippen molar-refractivity contribution in [2.45, 2.75) is 45.3 Å². The SMILES string of the molecule is CC(C)(C)OC(=O)N1CCC(n2c(=O)[nH]c3ccc(C(=O)O)cc32)CC1. The van der Waals surface area contributed by atoms with Gasteiger partial charge in [0.2, 0.25) is 0 Å². The van der Waals surface area contributed by atoms with E-state index in [1.165, 1.54) is 12.1 Å². The Morgan fingerprint density at radius 1 is 1.23 bits per heavy atom. The van der Waals surface area contributed by atoms with Gasteiger partial charge >= 0.3 is 17.8 Å². The molecule has 1 amide bonds. The fourth-order valence-corrected chi connectivity index (χ4v) is 3.25. The molecule has 2 N–H and O–H groups in total. The number of rotatable bonds is 2. The number of piperidine rings is 1. The Kier molecular flexibility index (Phi) is 4.52. The third-order valence-corrected chi connectivity index (χ3v) is 4.45. The van der Waals surface area contributed by atoms with Crippen LogP contribution in [0, 0.1) is 0 Å². The minimum Gasteiger partial charge on any atom is -0.478 e. The van der Waals surface area contributed by atoms with E-state index >= 15 is 0 Å². The molecule has 26 heavy (non-hydrogen) atoms. The van der Waals surface area contributed by atoms with E-state index in [4.69, 9.17) is 4.74 Å². The lowest BCUT2D eigenvalue weighted by Gasteiger charge is -2.33. The van der Waals surface area contributed by atoms with Gasteiger partial charge in [-0.1, -0.05) is 0 Å². The Bertz CT molecular complexity index is 898. The zero-order valence-electron chi connectivity index (χ0n) is 15.1. The summed E-state index contributed by atoms with van der Waals surface area (Å²) in [5.74, 6) is -1.04. The van der Waals surface area contributed by atoms with Gasteiger partial charge < -0.3 is 19.7 Å². The van der Waals surface area contributed by atoms with Crippen molar-refractivity contribution in [1.29, 1.82) is 0 Å². The van der Waals surface area contributed by atoms with Gasteiger partial charge in [0.05, 0.1) is 16.6 Å². The second kappa shape index (κ2) is 6.51. The zero-order valence-corrected chi connectivity index (χ0v) is 15.1. The van der Waals surface area contributed by atoms with E-state index in [1.54, 1.807) is 15.5 Å². The summed E-state index contributed by atoms with van der Waals surface area (Å²) in [5, 5.41) is 9.19. The zero-order chi connectivity index (χ0) is 19.1. The second-order valence-corrected chi connectivity index (χ2v) is 7.54. The van der Waals surface area contributed by atoms with Crippen molar-refractivity contribution in [3.63, 3.8) is 0 Å². The predicted octanol–water partition coefficient (Wildman–Crippen LogP) is 2.60. The molecular weight excluding hydrogens is 338 g/mol. The van der Waals surface area contributed by atoms with Crippen LogP contribution in [0.5, 0.6) is 0 Å². The topological polar surface area (TPSA) is 105 Å². The summed E-state index contributed by atoms with van der Waals surface area (Å²) >= 11 is 0. The molecule has 0 atom stereocenters. The number of hydrogen-bond acceptors (Lipinski definition) is 4. The first-order chi connectivity index (χ1) is 12.2. The molecule has 0 unspecified atom stereocenters. The van der Waals surface area contributed by atoms with Gasteiger partial charge in [0.15, 0.2) is 0 Å². The maximum absolute atomic E-state index is 12.4. The number of aromatic amines is 1. The van der Waals surface area contributed by atoms with Gasteiger partial charge in [0, 0.05) is 19.1 Å². The molecule has 1 aliphatic rings. The molecule has 1 fully saturated rings. The van der Waals surface area contributed by atoms with Gasteiger partial charge in [-0.05, 0) is 51.8 Å². The van der Waals surface area contributed by atoms with E-state index in [0.29, 0.717) is 37.0 Å². The second-order valence-electron chi connectivity index (χ2n) is 7.54. The molecule has 3 rings (SSSR count). The Labute approximate surface area is 150 Å². The number of aromatic nitrogens is 2. The highest BCUT2D eigenvalue weighted by Gasteiger charge is 2.29. The number of carbonyl (C=O) groups excluding carboxylic acids is 1. The smallest absolute Gasteiger partial charge is 0.410 e. The van der Waals surface area contributed by atoms with Gasteiger partial charge in [-0.25, -0.2) is 14.4 Å². The number of imidazole rings is 1. The maximum Gasteiger partial charge on any atom is 0.410 e. The summed E-state index contributed by atoms with van der Waals surface area (Å²) in [6.07, 6.45) is 0.850. The van der Waals surface area contributed by atoms with E-state index in [-0.39, 0.29) is 23.4 Å². The lowest BCUT2D eigenvalue weighted by Crippen LogP contribution is -2.43. The van der Waals surface area contributed by atoms with Crippen molar-refractivity contribution < 1.29 is 19.4 Å². The van der Waals surface area contributed by atoms with Crippen LogP contribution in [0.15, 0.2) is 23.0 Å². The van der Waals surface area contributed by atoms with Crippen LogP contribution in [0.3, 0.4) is 0 Å². The molecule has 0 saturated carbocycles. The average molecular weight is 361 g/mol. The first kappa shape index (κ1) is 18.0. The van der Waals surface area contributed by atoms with E-state index in [0.717, 1.165) is 0 Å².